The predicted molar refractivity (Wildman–Crippen MR) is 102 cm³/mol. The molecule has 1 saturated heterocycles. The van der Waals surface area contributed by atoms with Crippen molar-refractivity contribution in [2.24, 2.45) is 0 Å². The van der Waals surface area contributed by atoms with E-state index in [-0.39, 0.29) is 12.0 Å². The van der Waals surface area contributed by atoms with Gasteiger partial charge in [0.1, 0.15) is 11.8 Å². The number of rotatable bonds is 4. The van der Waals surface area contributed by atoms with E-state index in [9.17, 15) is 4.79 Å². The first-order valence-corrected chi connectivity index (χ1v) is 9.81. The third-order valence-corrected chi connectivity index (χ3v) is 5.69. The van der Waals surface area contributed by atoms with Gasteiger partial charge in [0.05, 0.1) is 10.2 Å². The van der Waals surface area contributed by atoms with Crippen molar-refractivity contribution in [3.05, 3.63) is 41.7 Å². The average Bonchev–Trinajstić information content (AvgIpc) is 3.29. The SMILES string of the molecule is CCn1ccc(C(=O)N2CCC(Oc3nc4c(C)cccc4s3)CC2)n1. The lowest BCUT2D eigenvalue weighted by molar-refractivity contribution is 0.0589. The molecule has 3 heterocycles. The topological polar surface area (TPSA) is 60.2 Å². The highest BCUT2D eigenvalue weighted by Gasteiger charge is 2.26. The number of fused-ring (bicyclic) bond motifs is 1. The second-order valence-corrected chi connectivity index (χ2v) is 7.56. The number of para-hydroxylation sites is 1. The Hall–Kier alpha value is -2.41. The Kier molecular flexibility index (Phi) is 4.63. The van der Waals surface area contributed by atoms with Crippen molar-refractivity contribution in [1.82, 2.24) is 19.7 Å². The highest BCUT2D eigenvalue weighted by Crippen LogP contribution is 2.31. The van der Waals surface area contributed by atoms with Gasteiger partial charge in [0.15, 0.2) is 0 Å². The summed E-state index contributed by atoms with van der Waals surface area (Å²) < 4.78 is 9.03. The van der Waals surface area contributed by atoms with Crippen molar-refractivity contribution >= 4 is 27.5 Å². The Bertz CT molecular complexity index is 925. The van der Waals surface area contributed by atoms with E-state index in [2.05, 4.69) is 29.1 Å². The summed E-state index contributed by atoms with van der Waals surface area (Å²) in [7, 11) is 0. The molecule has 1 aromatic carbocycles. The van der Waals surface area contributed by atoms with Crippen LogP contribution in [-0.2, 0) is 6.54 Å². The summed E-state index contributed by atoms with van der Waals surface area (Å²) in [5, 5.41) is 5.03. The average molecular weight is 370 g/mol. The summed E-state index contributed by atoms with van der Waals surface area (Å²) in [6.45, 7) is 6.22. The quantitative estimate of drug-likeness (QED) is 0.705. The Morgan fingerprint density at radius 3 is 2.81 bits per heavy atom. The first-order chi connectivity index (χ1) is 12.6. The van der Waals surface area contributed by atoms with Gasteiger partial charge in [-0.15, -0.1) is 0 Å². The Morgan fingerprint density at radius 2 is 2.12 bits per heavy atom. The summed E-state index contributed by atoms with van der Waals surface area (Å²) in [5.41, 5.74) is 2.71. The number of hydrogen-bond donors (Lipinski definition) is 0. The lowest BCUT2D eigenvalue weighted by atomic mass is 10.1. The molecule has 7 heteroatoms. The number of thiazole rings is 1. The molecule has 4 rings (SSSR count). The summed E-state index contributed by atoms with van der Waals surface area (Å²) >= 11 is 1.59. The molecule has 0 aliphatic carbocycles. The normalized spacial score (nSPS) is 15.5. The van der Waals surface area contributed by atoms with E-state index in [4.69, 9.17) is 4.74 Å². The molecule has 0 saturated carbocycles. The number of likely N-dealkylation sites (tertiary alicyclic amines) is 1. The van der Waals surface area contributed by atoms with Crippen LogP contribution in [0.3, 0.4) is 0 Å². The fraction of sp³-hybridized carbons (Fsp3) is 0.421. The van der Waals surface area contributed by atoms with Gasteiger partial charge in [0.25, 0.3) is 11.1 Å². The zero-order chi connectivity index (χ0) is 18.1. The molecule has 1 fully saturated rings. The van der Waals surface area contributed by atoms with Gasteiger partial charge in [-0.3, -0.25) is 9.48 Å². The number of carbonyl (C=O) groups is 1. The fourth-order valence-corrected chi connectivity index (χ4v) is 4.21. The smallest absolute Gasteiger partial charge is 0.274 e. The fourth-order valence-electron chi connectivity index (χ4n) is 3.25. The van der Waals surface area contributed by atoms with Crippen molar-refractivity contribution in [2.45, 2.75) is 39.3 Å². The summed E-state index contributed by atoms with van der Waals surface area (Å²) in [6.07, 6.45) is 3.58. The number of aryl methyl sites for hydroxylation is 2. The maximum Gasteiger partial charge on any atom is 0.274 e. The zero-order valence-electron chi connectivity index (χ0n) is 15.0. The third-order valence-electron chi connectivity index (χ3n) is 4.78. The number of benzene rings is 1. The number of nitrogens with zero attached hydrogens (tertiary/aromatic N) is 4. The van der Waals surface area contributed by atoms with E-state index >= 15 is 0 Å². The van der Waals surface area contributed by atoms with Crippen molar-refractivity contribution in [3.63, 3.8) is 0 Å². The monoisotopic (exact) mass is 370 g/mol. The van der Waals surface area contributed by atoms with Crippen LogP contribution in [0.4, 0.5) is 0 Å². The molecular formula is C19H22N4O2S. The zero-order valence-corrected chi connectivity index (χ0v) is 15.8. The first-order valence-electron chi connectivity index (χ1n) is 8.99. The first kappa shape index (κ1) is 17.0. The van der Waals surface area contributed by atoms with Crippen LogP contribution in [0, 0.1) is 6.92 Å². The Labute approximate surface area is 156 Å². The van der Waals surface area contributed by atoms with Crippen molar-refractivity contribution in [1.29, 1.82) is 0 Å². The van der Waals surface area contributed by atoms with Crippen molar-refractivity contribution in [3.8, 4) is 5.19 Å². The molecule has 0 N–H and O–H groups in total. The van der Waals surface area contributed by atoms with Crippen LogP contribution in [0.15, 0.2) is 30.5 Å². The molecule has 0 spiro atoms. The summed E-state index contributed by atoms with van der Waals surface area (Å²) in [5.74, 6) is 0.00580. The molecular weight excluding hydrogens is 348 g/mol. The van der Waals surface area contributed by atoms with Crippen LogP contribution in [0.5, 0.6) is 5.19 Å². The summed E-state index contributed by atoms with van der Waals surface area (Å²) in [6, 6.07) is 7.97. The lowest BCUT2D eigenvalue weighted by Gasteiger charge is -2.31. The van der Waals surface area contributed by atoms with Gasteiger partial charge in [0, 0.05) is 38.7 Å². The molecule has 1 aliphatic rings. The van der Waals surface area contributed by atoms with Gasteiger partial charge in [-0.1, -0.05) is 23.5 Å². The molecule has 2 aromatic heterocycles. The van der Waals surface area contributed by atoms with Gasteiger partial charge in [-0.05, 0) is 31.5 Å². The molecule has 0 atom stereocenters. The lowest BCUT2D eigenvalue weighted by Crippen LogP contribution is -2.42. The number of ether oxygens (including phenoxy) is 1. The highest BCUT2D eigenvalue weighted by atomic mass is 32.1. The molecule has 0 radical (unpaired) electrons. The van der Waals surface area contributed by atoms with Gasteiger partial charge >= 0.3 is 0 Å². The maximum absolute atomic E-state index is 12.5. The Balaban J connectivity index is 1.37. The van der Waals surface area contributed by atoms with Gasteiger partial charge in [-0.2, -0.15) is 5.10 Å². The largest absolute Gasteiger partial charge is 0.467 e. The minimum Gasteiger partial charge on any atom is -0.467 e. The second-order valence-electron chi connectivity index (χ2n) is 6.57. The minimum absolute atomic E-state index is 0.00580. The van der Waals surface area contributed by atoms with E-state index < -0.39 is 0 Å². The number of carbonyl (C=O) groups excluding carboxylic acids is 1. The minimum atomic E-state index is 0.00580. The number of aromatic nitrogens is 3. The van der Waals surface area contributed by atoms with Gasteiger partial charge < -0.3 is 9.64 Å². The van der Waals surface area contributed by atoms with Gasteiger partial charge in [-0.25, -0.2) is 4.98 Å². The van der Waals surface area contributed by atoms with Crippen LogP contribution >= 0.6 is 11.3 Å². The van der Waals surface area contributed by atoms with Crippen molar-refractivity contribution < 1.29 is 9.53 Å². The summed E-state index contributed by atoms with van der Waals surface area (Å²) in [4.78, 5) is 19.0. The molecule has 1 amide bonds. The highest BCUT2D eigenvalue weighted by molar-refractivity contribution is 7.20. The van der Waals surface area contributed by atoms with Crippen LogP contribution in [0.1, 0.15) is 35.8 Å². The van der Waals surface area contributed by atoms with Crippen LogP contribution in [-0.4, -0.2) is 44.8 Å². The maximum atomic E-state index is 12.5. The molecule has 26 heavy (non-hydrogen) atoms. The standard InChI is InChI=1S/C19H22N4O2S/c1-3-23-12-9-15(21-23)18(24)22-10-7-14(8-11-22)25-19-20-17-13(2)5-4-6-16(17)26-19/h4-6,9,12,14H,3,7-8,10-11H2,1-2H3. The van der Waals surface area contributed by atoms with E-state index in [0.29, 0.717) is 18.8 Å². The molecule has 1 aliphatic heterocycles. The van der Waals surface area contributed by atoms with E-state index in [1.165, 1.54) is 5.56 Å². The predicted octanol–water partition coefficient (Wildman–Crippen LogP) is 3.50. The Morgan fingerprint density at radius 1 is 1.31 bits per heavy atom. The van der Waals surface area contributed by atoms with Gasteiger partial charge in [0.2, 0.25) is 0 Å². The van der Waals surface area contributed by atoms with Crippen LogP contribution in [0.25, 0.3) is 10.2 Å². The van der Waals surface area contributed by atoms with E-state index in [0.717, 1.165) is 34.8 Å². The number of amides is 1. The van der Waals surface area contributed by atoms with E-state index in [1.54, 1.807) is 22.1 Å². The molecule has 0 unspecified atom stereocenters. The van der Waals surface area contributed by atoms with Crippen LogP contribution < -0.4 is 4.74 Å². The molecule has 0 bridgehead atoms. The molecule has 3 aromatic rings. The van der Waals surface area contributed by atoms with Crippen LogP contribution in [0.2, 0.25) is 0 Å². The molecule has 136 valence electrons. The third kappa shape index (κ3) is 3.31. The number of piperidine rings is 1. The number of hydrogen-bond acceptors (Lipinski definition) is 5. The molecule has 6 nitrogen and oxygen atoms in total. The second kappa shape index (κ2) is 7.07. The van der Waals surface area contributed by atoms with Crippen molar-refractivity contribution in [2.75, 3.05) is 13.1 Å². The van der Waals surface area contributed by atoms with E-state index in [1.807, 2.05) is 24.1 Å².